The average Bonchev–Trinajstić information content (AvgIpc) is 2.64. The number of ether oxygens (including phenoxy) is 2. The highest BCUT2D eigenvalue weighted by Crippen LogP contribution is 2.17. The monoisotopic (exact) mass is 328 g/mol. The molecule has 0 spiro atoms. The van der Waals surface area contributed by atoms with Crippen molar-refractivity contribution in [1.82, 2.24) is 10.2 Å². The topological polar surface area (TPSA) is 76.6 Å². The second-order valence-electron chi connectivity index (χ2n) is 5.29. The summed E-state index contributed by atoms with van der Waals surface area (Å²) < 4.78 is 10.7. The number of nitrogens with zero attached hydrogens (tertiary/aromatic N) is 3. The average molecular weight is 328 g/mol. The molecule has 0 unspecified atom stereocenters. The molecular formula is C17H20N4O3. The lowest BCUT2D eigenvalue weighted by Crippen LogP contribution is -2.37. The number of rotatable bonds is 5. The standard InChI is InChI=1S/C17H20N4O3/c1-2-24-14-5-3-13(4-6-14)18-17(22)15-7-8-16(20-19-15)21-9-11-23-12-10-21/h3-8H,2,9-12H2,1H3,(H,18,22). The van der Waals surface area contributed by atoms with Gasteiger partial charge in [-0.2, -0.15) is 0 Å². The van der Waals surface area contributed by atoms with Gasteiger partial charge < -0.3 is 19.7 Å². The number of carbonyl (C=O) groups is 1. The number of nitrogens with one attached hydrogen (secondary N) is 1. The van der Waals surface area contributed by atoms with Crippen LogP contribution in [0, 0.1) is 0 Å². The van der Waals surface area contributed by atoms with Crippen LogP contribution in [0.4, 0.5) is 11.5 Å². The summed E-state index contributed by atoms with van der Waals surface area (Å²) in [7, 11) is 0. The Kier molecular flexibility index (Phi) is 5.22. The number of hydrogen-bond donors (Lipinski definition) is 1. The molecule has 2 heterocycles. The Morgan fingerprint density at radius 2 is 1.92 bits per heavy atom. The molecule has 2 aromatic rings. The van der Waals surface area contributed by atoms with E-state index < -0.39 is 0 Å². The molecule has 0 saturated carbocycles. The van der Waals surface area contributed by atoms with Gasteiger partial charge in [-0.1, -0.05) is 0 Å². The molecule has 0 bridgehead atoms. The Balaban J connectivity index is 1.62. The van der Waals surface area contributed by atoms with Gasteiger partial charge >= 0.3 is 0 Å². The van der Waals surface area contributed by atoms with Crippen molar-refractivity contribution in [1.29, 1.82) is 0 Å². The molecule has 7 heteroatoms. The van der Waals surface area contributed by atoms with Crippen LogP contribution in [-0.4, -0.2) is 49.0 Å². The predicted octanol–water partition coefficient (Wildman–Crippen LogP) is 1.96. The zero-order valence-corrected chi connectivity index (χ0v) is 13.6. The molecule has 0 atom stereocenters. The van der Waals surface area contributed by atoms with Crippen molar-refractivity contribution in [2.45, 2.75) is 6.92 Å². The van der Waals surface area contributed by atoms with E-state index in [9.17, 15) is 4.79 Å². The summed E-state index contributed by atoms with van der Waals surface area (Å²) in [5, 5.41) is 11.0. The van der Waals surface area contributed by atoms with E-state index in [0.717, 1.165) is 24.7 Å². The summed E-state index contributed by atoms with van der Waals surface area (Å²) >= 11 is 0. The maximum atomic E-state index is 12.2. The molecule has 7 nitrogen and oxygen atoms in total. The van der Waals surface area contributed by atoms with Crippen LogP contribution in [0.25, 0.3) is 0 Å². The third kappa shape index (κ3) is 3.99. The Labute approximate surface area is 140 Å². The summed E-state index contributed by atoms with van der Waals surface area (Å²) in [5.41, 5.74) is 0.961. The van der Waals surface area contributed by atoms with E-state index >= 15 is 0 Å². The largest absolute Gasteiger partial charge is 0.494 e. The minimum Gasteiger partial charge on any atom is -0.494 e. The first-order valence-electron chi connectivity index (χ1n) is 7.97. The number of anilines is 2. The molecule has 1 aliphatic heterocycles. The maximum absolute atomic E-state index is 12.2. The van der Waals surface area contributed by atoms with Crippen molar-refractivity contribution in [2.75, 3.05) is 43.1 Å². The van der Waals surface area contributed by atoms with E-state index in [1.54, 1.807) is 18.2 Å². The summed E-state index contributed by atoms with van der Waals surface area (Å²) in [6, 6.07) is 10.7. The van der Waals surface area contributed by atoms with Gasteiger partial charge in [0.15, 0.2) is 11.5 Å². The van der Waals surface area contributed by atoms with Crippen molar-refractivity contribution in [3.8, 4) is 5.75 Å². The smallest absolute Gasteiger partial charge is 0.276 e. The minimum absolute atomic E-state index is 0.279. The molecule has 1 N–H and O–H groups in total. The lowest BCUT2D eigenvalue weighted by Gasteiger charge is -2.27. The van der Waals surface area contributed by atoms with Crippen LogP contribution in [0.2, 0.25) is 0 Å². The van der Waals surface area contributed by atoms with E-state index in [1.807, 2.05) is 25.1 Å². The molecule has 0 radical (unpaired) electrons. The van der Waals surface area contributed by atoms with Gasteiger partial charge in [0.2, 0.25) is 0 Å². The third-order valence-electron chi connectivity index (χ3n) is 3.64. The zero-order chi connectivity index (χ0) is 16.8. The Morgan fingerprint density at radius 1 is 1.17 bits per heavy atom. The van der Waals surface area contributed by atoms with Crippen molar-refractivity contribution >= 4 is 17.4 Å². The molecule has 1 saturated heterocycles. The first-order chi connectivity index (χ1) is 11.8. The SMILES string of the molecule is CCOc1ccc(NC(=O)c2ccc(N3CCOCC3)nn2)cc1. The summed E-state index contributed by atoms with van der Waals surface area (Å²) in [6.07, 6.45) is 0. The van der Waals surface area contributed by atoms with Crippen LogP contribution in [0.3, 0.4) is 0 Å². The first-order valence-corrected chi connectivity index (χ1v) is 7.97. The number of amides is 1. The minimum atomic E-state index is -0.291. The van der Waals surface area contributed by atoms with Crippen LogP contribution in [0.1, 0.15) is 17.4 Å². The highest BCUT2D eigenvalue weighted by molar-refractivity contribution is 6.02. The quantitative estimate of drug-likeness (QED) is 0.904. The Hall–Kier alpha value is -2.67. The van der Waals surface area contributed by atoms with Gasteiger partial charge in [-0.05, 0) is 43.3 Å². The third-order valence-corrected chi connectivity index (χ3v) is 3.64. The maximum Gasteiger partial charge on any atom is 0.276 e. The second-order valence-corrected chi connectivity index (χ2v) is 5.29. The van der Waals surface area contributed by atoms with E-state index in [4.69, 9.17) is 9.47 Å². The molecule has 24 heavy (non-hydrogen) atoms. The van der Waals surface area contributed by atoms with E-state index in [1.165, 1.54) is 0 Å². The molecular weight excluding hydrogens is 308 g/mol. The highest BCUT2D eigenvalue weighted by atomic mass is 16.5. The Morgan fingerprint density at radius 3 is 2.54 bits per heavy atom. The molecule has 1 amide bonds. The molecule has 126 valence electrons. The summed E-state index contributed by atoms with van der Waals surface area (Å²) in [4.78, 5) is 14.3. The number of aromatic nitrogens is 2. The number of benzene rings is 1. The lowest BCUT2D eigenvalue weighted by atomic mass is 10.3. The predicted molar refractivity (Wildman–Crippen MR) is 90.6 cm³/mol. The molecule has 0 aliphatic carbocycles. The van der Waals surface area contributed by atoms with Crippen LogP contribution < -0.4 is 15.0 Å². The number of hydrogen-bond acceptors (Lipinski definition) is 6. The Bertz CT molecular complexity index is 667. The van der Waals surface area contributed by atoms with Gasteiger partial charge in [-0.25, -0.2) is 0 Å². The van der Waals surface area contributed by atoms with Crippen LogP contribution >= 0.6 is 0 Å². The number of morpholine rings is 1. The summed E-state index contributed by atoms with van der Waals surface area (Å²) in [5.74, 6) is 1.24. The van der Waals surface area contributed by atoms with Crippen LogP contribution in [0.15, 0.2) is 36.4 Å². The van der Waals surface area contributed by atoms with E-state index in [0.29, 0.717) is 25.5 Å². The van der Waals surface area contributed by atoms with Crippen LogP contribution in [0.5, 0.6) is 5.75 Å². The number of carbonyl (C=O) groups excluding carboxylic acids is 1. The molecule has 1 aromatic heterocycles. The molecule has 1 aliphatic rings. The second kappa shape index (κ2) is 7.74. The fourth-order valence-corrected chi connectivity index (χ4v) is 2.40. The van der Waals surface area contributed by atoms with Crippen molar-refractivity contribution in [2.24, 2.45) is 0 Å². The molecule has 1 fully saturated rings. The van der Waals surface area contributed by atoms with Gasteiger partial charge in [0.1, 0.15) is 5.75 Å². The highest BCUT2D eigenvalue weighted by Gasteiger charge is 2.14. The van der Waals surface area contributed by atoms with E-state index in [2.05, 4.69) is 20.4 Å². The van der Waals surface area contributed by atoms with Gasteiger partial charge in [0.25, 0.3) is 5.91 Å². The van der Waals surface area contributed by atoms with Crippen molar-refractivity contribution < 1.29 is 14.3 Å². The lowest BCUT2D eigenvalue weighted by molar-refractivity contribution is 0.102. The van der Waals surface area contributed by atoms with Gasteiger partial charge in [-0.3, -0.25) is 4.79 Å². The van der Waals surface area contributed by atoms with Crippen molar-refractivity contribution in [3.63, 3.8) is 0 Å². The first kappa shape index (κ1) is 16.2. The van der Waals surface area contributed by atoms with E-state index in [-0.39, 0.29) is 11.6 Å². The fraction of sp³-hybridized carbons (Fsp3) is 0.353. The summed E-state index contributed by atoms with van der Waals surface area (Å²) in [6.45, 7) is 5.47. The normalized spacial score (nSPS) is 14.3. The van der Waals surface area contributed by atoms with Gasteiger partial charge in [0, 0.05) is 18.8 Å². The van der Waals surface area contributed by atoms with Crippen molar-refractivity contribution in [3.05, 3.63) is 42.1 Å². The van der Waals surface area contributed by atoms with Gasteiger partial charge in [0.05, 0.1) is 19.8 Å². The zero-order valence-electron chi connectivity index (χ0n) is 13.6. The molecule has 3 rings (SSSR count). The van der Waals surface area contributed by atoms with Crippen LogP contribution in [-0.2, 0) is 4.74 Å². The van der Waals surface area contributed by atoms with Gasteiger partial charge in [-0.15, -0.1) is 10.2 Å². The molecule has 1 aromatic carbocycles. The fourth-order valence-electron chi connectivity index (χ4n) is 2.40.